The van der Waals surface area contributed by atoms with Gasteiger partial charge in [0.25, 0.3) is 0 Å². The highest BCUT2D eigenvalue weighted by Crippen LogP contribution is 2.27. The Bertz CT molecular complexity index is 699. The first-order chi connectivity index (χ1) is 13.4. The first-order valence-corrected chi connectivity index (χ1v) is 10.2. The summed E-state index contributed by atoms with van der Waals surface area (Å²) in [5.41, 5.74) is 2.11. The lowest BCUT2D eigenvalue weighted by molar-refractivity contribution is 0.0467. The number of carbonyl (C=O) groups is 1. The van der Waals surface area contributed by atoms with Gasteiger partial charge in [0, 0.05) is 25.2 Å². The van der Waals surface area contributed by atoms with Crippen molar-refractivity contribution in [3.63, 3.8) is 0 Å². The summed E-state index contributed by atoms with van der Waals surface area (Å²) >= 11 is 0. The molecule has 4 nitrogen and oxygen atoms in total. The van der Waals surface area contributed by atoms with E-state index in [-0.39, 0.29) is 12.1 Å². The second-order valence-electron chi connectivity index (χ2n) is 8.63. The molecule has 28 heavy (non-hydrogen) atoms. The molecule has 2 atom stereocenters. The van der Waals surface area contributed by atoms with Crippen LogP contribution < -0.4 is 5.32 Å². The number of nitrogens with zero attached hydrogens (tertiary/aromatic N) is 1. The molecule has 1 amide bonds. The number of carbonyl (C=O) groups excluding carboxylic acids is 1. The standard InChI is InChI=1S/C24H32N2O2/c1-24(2,3)28-23(27)25-21-15-10-16-22(21)26(17-19-11-6-4-7-12-19)18-20-13-8-5-9-14-20/h4-9,11-14,21-22H,10,15-18H2,1-3H3,(H,25,27)/t21-,22-/m0/s1. The molecule has 0 aliphatic heterocycles. The van der Waals surface area contributed by atoms with E-state index in [0.29, 0.717) is 6.04 Å². The lowest BCUT2D eigenvalue weighted by atomic mass is 10.1. The maximum Gasteiger partial charge on any atom is 0.407 e. The maximum atomic E-state index is 12.3. The average Bonchev–Trinajstić information content (AvgIpc) is 3.09. The van der Waals surface area contributed by atoms with Crippen LogP contribution in [0, 0.1) is 0 Å². The molecule has 0 saturated heterocycles. The normalized spacial score (nSPS) is 19.6. The van der Waals surface area contributed by atoms with E-state index in [4.69, 9.17) is 4.74 Å². The summed E-state index contributed by atoms with van der Waals surface area (Å²) in [5, 5.41) is 3.13. The molecule has 2 aromatic rings. The van der Waals surface area contributed by atoms with Gasteiger partial charge in [-0.25, -0.2) is 4.79 Å². The SMILES string of the molecule is CC(C)(C)OC(=O)N[C@H]1CCC[C@@H]1N(Cc1ccccc1)Cc1ccccc1. The molecular formula is C24H32N2O2. The van der Waals surface area contributed by atoms with Crippen LogP contribution in [0.25, 0.3) is 0 Å². The van der Waals surface area contributed by atoms with Crippen molar-refractivity contribution >= 4 is 6.09 Å². The predicted molar refractivity (Wildman–Crippen MR) is 113 cm³/mol. The zero-order chi connectivity index (χ0) is 20.0. The van der Waals surface area contributed by atoms with Crippen LogP contribution >= 0.6 is 0 Å². The van der Waals surface area contributed by atoms with Crippen LogP contribution in [0.2, 0.25) is 0 Å². The molecule has 1 N–H and O–H groups in total. The average molecular weight is 381 g/mol. The molecule has 0 heterocycles. The number of alkyl carbamates (subject to hydrolysis) is 1. The number of amides is 1. The summed E-state index contributed by atoms with van der Waals surface area (Å²) < 4.78 is 5.50. The molecule has 150 valence electrons. The van der Waals surface area contributed by atoms with Gasteiger partial charge in [-0.1, -0.05) is 60.7 Å². The zero-order valence-corrected chi connectivity index (χ0v) is 17.2. The highest BCUT2D eigenvalue weighted by atomic mass is 16.6. The Morgan fingerprint density at radius 1 is 0.964 bits per heavy atom. The van der Waals surface area contributed by atoms with Crippen molar-refractivity contribution in [2.75, 3.05) is 0 Å². The van der Waals surface area contributed by atoms with Crippen molar-refractivity contribution in [2.24, 2.45) is 0 Å². The Balaban J connectivity index is 1.74. The van der Waals surface area contributed by atoms with E-state index >= 15 is 0 Å². The van der Waals surface area contributed by atoms with Gasteiger partial charge < -0.3 is 10.1 Å². The van der Waals surface area contributed by atoms with Gasteiger partial charge >= 0.3 is 6.09 Å². The molecule has 0 aromatic heterocycles. The monoisotopic (exact) mass is 380 g/mol. The lowest BCUT2D eigenvalue weighted by Crippen LogP contribution is -2.49. The van der Waals surface area contributed by atoms with Crippen LogP contribution in [0.4, 0.5) is 4.79 Å². The molecule has 1 fully saturated rings. The van der Waals surface area contributed by atoms with Gasteiger partial charge in [-0.3, -0.25) is 4.90 Å². The molecule has 1 aliphatic carbocycles. The molecule has 1 aliphatic rings. The third-order valence-corrected chi connectivity index (χ3v) is 5.11. The van der Waals surface area contributed by atoms with Crippen molar-refractivity contribution in [3.8, 4) is 0 Å². The largest absolute Gasteiger partial charge is 0.444 e. The van der Waals surface area contributed by atoms with Crippen molar-refractivity contribution in [1.82, 2.24) is 10.2 Å². The van der Waals surface area contributed by atoms with Gasteiger partial charge in [0.15, 0.2) is 0 Å². The number of rotatable bonds is 6. The molecule has 2 aromatic carbocycles. The Hall–Kier alpha value is -2.33. The Morgan fingerprint density at radius 2 is 1.50 bits per heavy atom. The van der Waals surface area contributed by atoms with Gasteiger partial charge in [-0.05, 0) is 51.2 Å². The Labute approximate surface area is 168 Å². The van der Waals surface area contributed by atoms with Crippen LogP contribution in [0.3, 0.4) is 0 Å². The third-order valence-electron chi connectivity index (χ3n) is 5.11. The van der Waals surface area contributed by atoms with E-state index < -0.39 is 5.60 Å². The fourth-order valence-corrected chi connectivity index (χ4v) is 3.93. The van der Waals surface area contributed by atoms with E-state index in [1.807, 2.05) is 32.9 Å². The zero-order valence-electron chi connectivity index (χ0n) is 17.2. The molecule has 0 bridgehead atoms. The van der Waals surface area contributed by atoms with E-state index in [1.54, 1.807) is 0 Å². The Kier molecular flexibility index (Phi) is 6.74. The fraction of sp³-hybridized carbons (Fsp3) is 0.458. The summed E-state index contributed by atoms with van der Waals surface area (Å²) in [6.07, 6.45) is 2.87. The minimum Gasteiger partial charge on any atom is -0.444 e. The van der Waals surface area contributed by atoms with Crippen LogP contribution in [0.5, 0.6) is 0 Å². The van der Waals surface area contributed by atoms with Crippen LogP contribution in [0.1, 0.15) is 51.2 Å². The lowest BCUT2D eigenvalue weighted by Gasteiger charge is -2.34. The smallest absolute Gasteiger partial charge is 0.407 e. The summed E-state index contributed by atoms with van der Waals surface area (Å²) in [7, 11) is 0. The molecular weight excluding hydrogens is 348 g/mol. The van der Waals surface area contributed by atoms with Crippen LogP contribution in [-0.4, -0.2) is 28.7 Å². The molecule has 0 spiro atoms. The highest BCUT2D eigenvalue weighted by molar-refractivity contribution is 5.68. The van der Waals surface area contributed by atoms with Crippen LogP contribution in [-0.2, 0) is 17.8 Å². The van der Waals surface area contributed by atoms with Crippen molar-refractivity contribution in [1.29, 1.82) is 0 Å². The number of nitrogens with one attached hydrogen (secondary N) is 1. The predicted octanol–water partition coefficient (Wildman–Crippen LogP) is 5.13. The number of hydrogen-bond donors (Lipinski definition) is 1. The van der Waals surface area contributed by atoms with Gasteiger partial charge in [-0.15, -0.1) is 0 Å². The van der Waals surface area contributed by atoms with Gasteiger partial charge in [0.1, 0.15) is 5.60 Å². The van der Waals surface area contributed by atoms with Gasteiger partial charge in [-0.2, -0.15) is 0 Å². The second-order valence-corrected chi connectivity index (χ2v) is 8.63. The first-order valence-electron chi connectivity index (χ1n) is 10.2. The first kappa shape index (κ1) is 20.4. The van der Waals surface area contributed by atoms with Gasteiger partial charge in [0.2, 0.25) is 0 Å². The van der Waals surface area contributed by atoms with E-state index in [1.165, 1.54) is 11.1 Å². The van der Waals surface area contributed by atoms with E-state index in [9.17, 15) is 4.79 Å². The summed E-state index contributed by atoms with van der Waals surface area (Å²) in [4.78, 5) is 14.8. The summed E-state index contributed by atoms with van der Waals surface area (Å²) in [5.74, 6) is 0. The van der Waals surface area contributed by atoms with Crippen molar-refractivity contribution in [2.45, 2.75) is 70.8 Å². The van der Waals surface area contributed by atoms with Gasteiger partial charge in [0.05, 0.1) is 0 Å². The summed E-state index contributed by atoms with van der Waals surface area (Å²) in [6, 6.07) is 21.5. The third kappa shape index (κ3) is 6.10. The molecule has 3 rings (SSSR count). The highest BCUT2D eigenvalue weighted by Gasteiger charge is 2.34. The molecule has 0 unspecified atom stereocenters. The van der Waals surface area contributed by atoms with E-state index in [2.05, 4.69) is 58.7 Å². The molecule has 1 saturated carbocycles. The molecule has 0 radical (unpaired) electrons. The minimum atomic E-state index is -0.480. The number of ether oxygens (including phenoxy) is 1. The maximum absolute atomic E-state index is 12.3. The number of hydrogen-bond acceptors (Lipinski definition) is 3. The minimum absolute atomic E-state index is 0.113. The molecule has 4 heteroatoms. The Morgan fingerprint density at radius 3 is 2.00 bits per heavy atom. The fourth-order valence-electron chi connectivity index (χ4n) is 3.93. The summed E-state index contributed by atoms with van der Waals surface area (Å²) in [6.45, 7) is 7.43. The van der Waals surface area contributed by atoms with Crippen molar-refractivity contribution in [3.05, 3.63) is 71.8 Å². The number of benzene rings is 2. The quantitative estimate of drug-likeness (QED) is 0.755. The second kappa shape index (κ2) is 9.24. The van der Waals surface area contributed by atoms with E-state index in [0.717, 1.165) is 32.4 Å². The topological polar surface area (TPSA) is 41.6 Å². The van der Waals surface area contributed by atoms with Crippen LogP contribution in [0.15, 0.2) is 60.7 Å². The van der Waals surface area contributed by atoms with Crippen molar-refractivity contribution < 1.29 is 9.53 Å².